The van der Waals surface area contributed by atoms with Crippen molar-refractivity contribution in [1.82, 2.24) is 10.0 Å². The second-order valence-electron chi connectivity index (χ2n) is 4.96. The predicted molar refractivity (Wildman–Crippen MR) is 70.2 cm³/mol. The molecule has 2 atom stereocenters. The summed E-state index contributed by atoms with van der Waals surface area (Å²) < 4.78 is 36.2. The van der Waals surface area contributed by atoms with Crippen LogP contribution in [0.25, 0.3) is 0 Å². The Labute approximate surface area is 113 Å². The highest BCUT2D eigenvalue weighted by Crippen LogP contribution is 2.25. The Kier molecular flexibility index (Phi) is 4.00. The van der Waals surface area contributed by atoms with Crippen molar-refractivity contribution in [2.45, 2.75) is 43.5 Å². The van der Waals surface area contributed by atoms with Crippen molar-refractivity contribution in [2.75, 3.05) is 13.7 Å². The molecule has 0 radical (unpaired) electrons. The van der Waals surface area contributed by atoms with Gasteiger partial charge in [-0.25, -0.2) is 13.1 Å². The summed E-state index contributed by atoms with van der Waals surface area (Å²) in [4.78, 5) is 0. The second kappa shape index (κ2) is 5.24. The standard InChI is InChI=1S/C12H20N2O4S/c1-9-12(2,6-7-17-9)14-8-10-4-5-11(18-10)19(15,16)13-3/h4-5,9,13-14H,6-8H2,1-3H3. The van der Waals surface area contributed by atoms with E-state index in [2.05, 4.69) is 17.0 Å². The van der Waals surface area contributed by atoms with Crippen LogP contribution in [0.3, 0.4) is 0 Å². The average Bonchev–Trinajstić information content (AvgIpc) is 2.96. The highest BCUT2D eigenvalue weighted by molar-refractivity contribution is 7.89. The van der Waals surface area contributed by atoms with Crippen molar-refractivity contribution >= 4 is 10.0 Å². The Bertz CT molecular complexity index is 540. The number of sulfonamides is 1. The van der Waals surface area contributed by atoms with Gasteiger partial charge in [0.1, 0.15) is 5.76 Å². The van der Waals surface area contributed by atoms with Crippen LogP contribution in [-0.4, -0.2) is 33.7 Å². The van der Waals surface area contributed by atoms with E-state index < -0.39 is 10.0 Å². The Morgan fingerprint density at radius 3 is 2.79 bits per heavy atom. The maximum atomic E-state index is 11.5. The summed E-state index contributed by atoms with van der Waals surface area (Å²) in [5.74, 6) is 0.592. The molecule has 0 bridgehead atoms. The zero-order valence-electron chi connectivity index (χ0n) is 11.4. The molecule has 1 aromatic heterocycles. The lowest BCUT2D eigenvalue weighted by molar-refractivity contribution is 0.0873. The predicted octanol–water partition coefficient (Wildman–Crippen LogP) is 0.845. The smallest absolute Gasteiger partial charge is 0.273 e. The maximum Gasteiger partial charge on any atom is 0.273 e. The van der Waals surface area contributed by atoms with Crippen LogP contribution in [0.1, 0.15) is 26.0 Å². The molecule has 2 N–H and O–H groups in total. The maximum absolute atomic E-state index is 11.5. The zero-order valence-corrected chi connectivity index (χ0v) is 12.2. The van der Waals surface area contributed by atoms with E-state index in [1.165, 1.54) is 13.1 Å². The highest BCUT2D eigenvalue weighted by Gasteiger charge is 2.36. The number of furan rings is 1. The van der Waals surface area contributed by atoms with Crippen LogP contribution >= 0.6 is 0 Å². The largest absolute Gasteiger partial charge is 0.447 e. The van der Waals surface area contributed by atoms with Gasteiger partial charge in [-0.05, 0) is 39.4 Å². The summed E-state index contributed by atoms with van der Waals surface area (Å²) in [7, 11) is -2.15. The molecule has 0 amide bonds. The Morgan fingerprint density at radius 1 is 1.47 bits per heavy atom. The molecule has 2 rings (SSSR count). The number of nitrogens with one attached hydrogen (secondary N) is 2. The van der Waals surface area contributed by atoms with Gasteiger partial charge in [-0.3, -0.25) is 0 Å². The van der Waals surface area contributed by atoms with Crippen LogP contribution in [0.15, 0.2) is 21.6 Å². The summed E-state index contributed by atoms with van der Waals surface area (Å²) in [6.07, 6.45) is 1.05. The molecule has 6 nitrogen and oxygen atoms in total. The summed E-state index contributed by atoms with van der Waals surface area (Å²) in [6.45, 7) is 5.34. The minimum Gasteiger partial charge on any atom is -0.447 e. The molecule has 1 aliphatic rings. The minimum absolute atomic E-state index is 0.0623. The average molecular weight is 288 g/mol. The van der Waals surface area contributed by atoms with Gasteiger partial charge in [0.2, 0.25) is 5.09 Å². The number of ether oxygens (including phenoxy) is 1. The van der Waals surface area contributed by atoms with Gasteiger partial charge in [-0.1, -0.05) is 0 Å². The van der Waals surface area contributed by atoms with Crippen LogP contribution in [-0.2, 0) is 21.3 Å². The number of rotatable bonds is 5. The molecule has 0 spiro atoms. The molecule has 108 valence electrons. The zero-order chi connectivity index (χ0) is 14.1. The molecule has 19 heavy (non-hydrogen) atoms. The fraction of sp³-hybridized carbons (Fsp3) is 0.667. The summed E-state index contributed by atoms with van der Waals surface area (Å²) in [5, 5.41) is 3.31. The van der Waals surface area contributed by atoms with Crippen LogP contribution in [0.2, 0.25) is 0 Å². The van der Waals surface area contributed by atoms with Crippen LogP contribution in [0.4, 0.5) is 0 Å². The van der Waals surface area contributed by atoms with E-state index in [1.54, 1.807) is 6.07 Å². The van der Waals surface area contributed by atoms with Crippen molar-refractivity contribution in [1.29, 1.82) is 0 Å². The molecule has 2 heterocycles. The molecule has 1 saturated heterocycles. The first-order valence-corrected chi connectivity index (χ1v) is 7.74. The van der Waals surface area contributed by atoms with Crippen LogP contribution < -0.4 is 10.0 Å². The summed E-state index contributed by atoms with van der Waals surface area (Å²) in [6, 6.07) is 3.13. The molecule has 0 saturated carbocycles. The third-order valence-electron chi connectivity index (χ3n) is 3.72. The molecule has 1 fully saturated rings. The fourth-order valence-electron chi connectivity index (χ4n) is 2.05. The van der Waals surface area contributed by atoms with Crippen molar-refractivity contribution in [3.8, 4) is 0 Å². The van der Waals surface area contributed by atoms with Crippen LogP contribution in [0, 0.1) is 0 Å². The van der Waals surface area contributed by atoms with Gasteiger partial charge in [0.05, 0.1) is 12.6 Å². The van der Waals surface area contributed by atoms with Gasteiger partial charge < -0.3 is 14.5 Å². The summed E-state index contributed by atoms with van der Waals surface area (Å²) >= 11 is 0. The van der Waals surface area contributed by atoms with Crippen molar-refractivity contribution in [3.63, 3.8) is 0 Å². The number of hydrogen-bond donors (Lipinski definition) is 2. The lowest BCUT2D eigenvalue weighted by Gasteiger charge is -2.28. The van der Waals surface area contributed by atoms with E-state index in [1.807, 2.05) is 6.92 Å². The third kappa shape index (κ3) is 3.00. The number of hydrogen-bond acceptors (Lipinski definition) is 5. The van der Waals surface area contributed by atoms with E-state index in [-0.39, 0.29) is 16.7 Å². The quantitative estimate of drug-likeness (QED) is 0.839. The third-order valence-corrected chi connectivity index (χ3v) is 5.01. The monoisotopic (exact) mass is 288 g/mol. The summed E-state index contributed by atoms with van der Waals surface area (Å²) in [5.41, 5.74) is -0.102. The first-order valence-electron chi connectivity index (χ1n) is 6.26. The Balaban J connectivity index is 2.02. The van der Waals surface area contributed by atoms with E-state index >= 15 is 0 Å². The topological polar surface area (TPSA) is 80.6 Å². The highest BCUT2D eigenvalue weighted by atomic mass is 32.2. The van der Waals surface area contributed by atoms with E-state index in [9.17, 15) is 8.42 Å². The van der Waals surface area contributed by atoms with E-state index in [0.29, 0.717) is 12.3 Å². The molecular formula is C12H20N2O4S. The van der Waals surface area contributed by atoms with Crippen molar-refractivity contribution in [2.24, 2.45) is 0 Å². The van der Waals surface area contributed by atoms with Gasteiger partial charge in [0.15, 0.2) is 0 Å². The first kappa shape index (κ1) is 14.5. The second-order valence-corrected chi connectivity index (χ2v) is 6.78. The van der Waals surface area contributed by atoms with Gasteiger partial charge in [0.25, 0.3) is 10.0 Å². The van der Waals surface area contributed by atoms with Crippen LogP contribution in [0.5, 0.6) is 0 Å². The molecule has 7 heteroatoms. The lowest BCUT2D eigenvalue weighted by Crippen LogP contribution is -2.47. The lowest BCUT2D eigenvalue weighted by atomic mass is 9.95. The fourth-order valence-corrected chi connectivity index (χ4v) is 2.72. The minimum atomic E-state index is -3.51. The molecule has 1 aliphatic heterocycles. The molecule has 1 aromatic rings. The Morgan fingerprint density at radius 2 is 2.21 bits per heavy atom. The first-order chi connectivity index (χ1) is 8.87. The van der Waals surface area contributed by atoms with Gasteiger partial charge in [0, 0.05) is 12.1 Å². The van der Waals surface area contributed by atoms with Crippen molar-refractivity contribution in [3.05, 3.63) is 17.9 Å². The Hall–Kier alpha value is -0.890. The molecule has 0 aliphatic carbocycles. The van der Waals surface area contributed by atoms with Gasteiger partial charge in [-0.15, -0.1) is 0 Å². The van der Waals surface area contributed by atoms with E-state index in [4.69, 9.17) is 9.15 Å². The van der Waals surface area contributed by atoms with Crippen molar-refractivity contribution < 1.29 is 17.6 Å². The normalized spacial score (nSPS) is 27.8. The molecule has 2 unspecified atom stereocenters. The van der Waals surface area contributed by atoms with Gasteiger partial charge in [-0.2, -0.15) is 0 Å². The van der Waals surface area contributed by atoms with Gasteiger partial charge >= 0.3 is 0 Å². The van der Waals surface area contributed by atoms with E-state index in [0.717, 1.165) is 13.0 Å². The SMILES string of the molecule is CNS(=O)(=O)c1ccc(CNC2(C)CCOC2C)o1. The molecule has 0 aromatic carbocycles. The molecular weight excluding hydrogens is 268 g/mol.